The van der Waals surface area contributed by atoms with Crippen molar-refractivity contribution >= 4 is 48.3 Å². The van der Waals surface area contributed by atoms with Gasteiger partial charge in [-0.15, -0.1) is 0 Å². The minimum Gasteiger partial charge on any atom is -0.495 e. The van der Waals surface area contributed by atoms with Crippen molar-refractivity contribution in [2.24, 2.45) is 0 Å². The van der Waals surface area contributed by atoms with Crippen molar-refractivity contribution in [2.45, 2.75) is 11.8 Å². The number of aromatic nitrogens is 1. The summed E-state index contributed by atoms with van der Waals surface area (Å²) in [6.07, 6.45) is 0. The standard InChI is InChI=1S/C29H33N5O5S2/c1-20-4-10-23(11-5-20)41(36,37)32-22-8-6-21(7-9-22)28(35)30-14-15-33-16-18-34(19-17-33)29-31-26-24(38-2)12-13-25(39-3)27(26)40-29/h4-13,32H,14-19H2,1-3H3,(H,30,35). The second kappa shape index (κ2) is 12.3. The molecule has 0 saturated carbocycles. The van der Waals surface area contributed by atoms with Crippen LogP contribution in [0.2, 0.25) is 0 Å². The number of sulfonamides is 1. The lowest BCUT2D eigenvalue weighted by Gasteiger charge is -2.34. The molecule has 1 saturated heterocycles. The molecule has 10 nitrogen and oxygen atoms in total. The zero-order chi connectivity index (χ0) is 29.0. The fraction of sp³-hybridized carbons (Fsp3) is 0.310. The Balaban J connectivity index is 1.09. The van der Waals surface area contributed by atoms with Gasteiger partial charge in [0.1, 0.15) is 21.7 Å². The van der Waals surface area contributed by atoms with E-state index < -0.39 is 10.0 Å². The summed E-state index contributed by atoms with van der Waals surface area (Å²) in [7, 11) is -0.398. The molecule has 12 heteroatoms. The van der Waals surface area contributed by atoms with Gasteiger partial charge in [-0.2, -0.15) is 0 Å². The van der Waals surface area contributed by atoms with Crippen molar-refractivity contribution in [1.29, 1.82) is 0 Å². The van der Waals surface area contributed by atoms with Gasteiger partial charge < -0.3 is 19.7 Å². The van der Waals surface area contributed by atoms with Crippen molar-refractivity contribution in [2.75, 3.05) is 63.1 Å². The number of thiazole rings is 1. The maximum absolute atomic E-state index is 12.7. The lowest BCUT2D eigenvalue weighted by molar-refractivity contribution is 0.0948. The van der Waals surface area contributed by atoms with Gasteiger partial charge in [-0.1, -0.05) is 29.0 Å². The first-order chi connectivity index (χ1) is 19.8. The first-order valence-corrected chi connectivity index (χ1v) is 15.5. The van der Waals surface area contributed by atoms with Crippen LogP contribution in [-0.2, 0) is 10.0 Å². The fourth-order valence-corrected chi connectivity index (χ4v) is 6.81. The third kappa shape index (κ3) is 6.55. The van der Waals surface area contributed by atoms with Crippen LogP contribution in [-0.4, -0.2) is 77.7 Å². The highest BCUT2D eigenvalue weighted by molar-refractivity contribution is 7.92. The number of amides is 1. The van der Waals surface area contributed by atoms with E-state index in [9.17, 15) is 13.2 Å². The number of nitrogens with zero attached hydrogens (tertiary/aromatic N) is 3. The molecule has 216 valence electrons. The number of benzene rings is 3. The normalized spacial score (nSPS) is 14.2. The number of nitrogens with one attached hydrogen (secondary N) is 2. The number of aryl methyl sites for hydroxylation is 1. The predicted molar refractivity (Wildman–Crippen MR) is 162 cm³/mol. The summed E-state index contributed by atoms with van der Waals surface area (Å²) in [4.78, 5) is 22.3. The zero-order valence-electron chi connectivity index (χ0n) is 23.2. The van der Waals surface area contributed by atoms with E-state index in [0.29, 0.717) is 17.8 Å². The molecule has 0 aliphatic carbocycles. The maximum atomic E-state index is 12.7. The minimum absolute atomic E-state index is 0.186. The number of hydrogen-bond acceptors (Lipinski definition) is 9. The van der Waals surface area contributed by atoms with E-state index in [1.165, 1.54) is 0 Å². The van der Waals surface area contributed by atoms with Gasteiger partial charge in [0.05, 0.1) is 19.1 Å². The van der Waals surface area contributed by atoms with Crippen molar-refractivity contribution in [3.8, 4) is 11.5 Å². The van der Waals surface area contributed by atoms with E-state index in [4.69, 9.17) is 14.5 Å². The number of methoxy groups -OCH3 is 2. The van der Waals surface area contributed by atoms with Crippen LogP contribution in [0, 0.1) is 6.92 Å². The van der Waals surface area contributed by atoms with E-state index in [1.54, 1.807) is 74.1 Å². The first-order valence-electron chi connectivity index (χ1n) is 13.2. The predicted octanol–water partition coefficient (Wildman–Crippen LogP) is 3.97. The molecule has 3 aromatic carbocycles. The number of rotatable bonds is 10. The molecule has 1 aromatic heterocycles. The lowest BCUT2D eigenvalue weighted by atomic mass is 10.2. The van der Waals surface area contributed by atoms with Crippen LogP contribution in [0.3, 0.4) is 0 Å². The SMILES string of the molecule is COc1ccc(OC)c2sc(N3CCN(CCNC(=O)c4ccc(NS(=O)(=O)c5ccc(C)cc5)cc4)CC3)nc12. The molecule has 0 unspecified atom stereocenters. The Hall–Kier alpha value is -3.87. The summed E-state index contributed by atoms with van der Waals surface area (Å²) in [5.74, 6) is 1.32. The molecule has 4 aromatic rings. The molecule has 1 aliphatic heterocycles. The fourth-order valence-electron chi connectivity index (χ4n) is 4.62. The summed E-state index contributed by atoms with van der Waals surface area (Å²) in [6, 6.07) is 16.8. The van der Waals surface area contributed by atoms with Crippen molar-refractivity contribution in [1.82, 2.24) is 15.2 Å². The Kier molecular flexibility index (Phi) is 8.62. The smallest absolute Gasteiger partial charge is 0.261 e. The first kappa shape index (κ1) is 28.7. The maximum Gasteiger partial charge on any atom is 0.261 e. The molecule has 41 heavy (non-hydrogen) atoms. The van der Waals surface area contributed by atoms with Gasteiger partial charge in [-0.25, -0.2) is 13.4 Å². The third-order valence-corrected chi connectivity index (χ3v) is 9.51. The number of carbonyl (C=O) groups is 1. The van der Waals surface area contributed by atoms with Crippen LogP contribution in [0.15, 0.2) is 65.6 Å². The minimum atomic E-state index is -3.70. The topological polar surface area (TPSA) is 113 Å². The van der Waals surface area contributed by atoms with E-state index >= 15 is 0 Å². The molecule has 0 atom stereocenters. The Morgan fingerprint density at radius 2 is 1.59 bits per heavy atom. The number of carbonyl (C=O) groups excluding carboxylic acids is 1. The highest BCUT2D eigenvalue weighted by Crippen LogP contribution is 2.40. The number of fused-ring (bicyclic) bond motifs is 1. The largest absolute Gasteiger partial charge is 0.495 e. The summed E-state index contributed by atoms with van der Waals surface area (Å²) in [5, 5.41) is 3.90. The molecular weight excluding hydrogens is 562 g/mol. The highest BCUT2D eigenvalue weighted by atomic mass is 32.2. The molecule has 0 bridgehead atoms. The van der Waals surface area contributed by atoms with Gasteiger partial charge in [0.2, 0.25) is 0 Å². The number of ether oxygens (including phenoxy) is 2. The third-order valence-electron chi connectivity index (χ3n) is 6.99. The van der Waals surface area contributed by atoms with E-state index in [0.717, 1.165) is 65.1 Å². The second-order valence-electron chi connectivity index (χ2n) is 9.72. The van der Waals surface area contributed by atoms with Gasteiger partial charge in [-0.3, -0.25) is 14.4 Å². The molecule has 1 fully saturated rings. The van der Waals surface area contributed by atoms with Gasteiger partial charge in [-0.05, 0) is 55.5 Å². The Morgan fingerprint density at radius 1 is 0.927 bits per heavy atom. The van der Waals surface area contributed by atoms with Crippen LogP contribution in [0.4, 0.5) is 10.8 Å². The van der Waals surface area contributed by atoms with Crippen molar-refractivity contribution in [3.63, 3.8) is 0 Å². The van der Waals surface area contributed by atoms with Crippen LogP contribution in [0.25, 0.3) is 10.2 Å². The molecule has 1 aliphatic rings. The molecule has 0 spiro atoms. The summed E-state index contributed by atoms with van der Waals surface area (Å²) in [6.45, 7) is 6.52. The zero-order valence-corrected chi connectivity index (χ0v) is 24.8. The summed E-state index contributed by atoms with van der Waals surface area (Å²) >= 11 is 1.60. The average Bonchev–Trinajstić information content (AvgIpc) is 3.43. The highest BCUT2D eigenvalue weighted by Gasteiger charge is 2.22. The van der Waals surface area contributed by atoms with E-state index in [2.05, 4.69) is 19.8 Å². The van der Waals surface area contributed by atoms with Gasteiger partial charge in [0.25, 0.3) is 15.9 Å². The Morgan fingerprint density at radius 3 is 2.24 bits per heavy atom. The van der Waals surface area contributed by atoms with E-state index in [1.807, 2.05) is 19.1 Å². The lowest BCUT2D eigenvalue weighted by Crippen LogP contribution is -2.48. The Bertz CT molecular complexity index is 1570. The number of anilines is 2. The quantitative estimate of drug-likeness (QED) is 0.283. The molecule has 5 rings (SSSR count). The Labute approximate surface area is 243 Å². The molecule has 2 N–H and O–H groups in total. The monoisotopic (exact) mass is 595 g/mol. The van der Waals surface area contributed by atoms with Crippen LogP contribution in [0.5, 0.6) is 11.5 Å². The van der Waals surface area contributed by atoms with E-state index in [-0.39, 0.29) is 10.8 Å². The number of piperazine rings is 1. The molecule has 0 radical (unpaired) electrons. The van der Waals surface area contributed by atoms with Crippen LogP contribution < -0.4 is 24.4 Å². The van der Waals surface area contributed by atoms with Crippen molar-refractivity contribution in [3.05, 3.63) is 71.8 Å². The van der Waals surface area contributed by atoms with Crippen LogP contribution in [0.1, 0.15) is 15.9 Å². The van der Waals surface area contributed by atoms with Crippen LogP contribution >= 0.6 is 11.3 Å². The molecule has 1 amide bonds. The average molecular weight is 596 g/mol. The van der Waals surface area contributed by atoms with Gasteiger partial charge in [0, 0.05) is 50.5 Å². The molecular formula is C29H33N5O5S2. The van der Waals surface area contributed by atoms with Gasteiger partial charge >= 0.3 is 0 Å². The van der Waals surface area contributed by atoms with Gasteiger partial charge in [0.15, 0.2) is 5.13 Å². The second-order valence-corrected chi connectivity index (χ2v) is 12.4. The van der Waals surface area contributed by atoms with Crippen molar-refractivity contribution < 1.29 is 22.7 Å². The number of hydrogen-bond donors (Lipinski definition) is 2. The summed E-state index contributed by atoms with van der Waals surface area (Å²) in [5.41, 5.74) is 2.65. The molecule has 2 heterocycles. The summed E-state index contributed by atoms with van der Waals surface area (Å²) < 4.78 is 39.7.